The molecule has 3 aromatic rings. The summed E-state index contributed by atoms with van der Waals surface area (Å²) in [6, 6.07) is 9.25. The fourth-order valence-corrected chi connectivity index (χ4v) is 4.92. The van der Waals surface area contributed by atoms with Gasteiger partial charge in [0.2, 0.25) is 5.88 Å². The van der Waals surface area contributed by atoms with Crippen molar-refractivity contribution in [3.63, 3.8) is 0 Å². The van der Waals surface area contributed by atoms with E-state index >= 15 is 0 Å². The Bertz CT molecular complexity index is 1100. The van der Waals surface area contributed by atoms with Crippen molar-refractivity contribution in [3.05, 3.63) is 61.2 Å². The number of aromatic hydroxyl groups is 1. The number of ether oxygens (including phenoxy) is 1. The second-order valence-electron chi connectivity index (χ2n) is 8.48. The molecule has 31 heavy (non-hydrogen) atoms. The summed E-state index contributed by atoms with van der Waals surface area (Å²) in [6.07, 6.45) is 7.56. The molecule has 1 aliphatic heterocycles. The van der Waals surface area contributed by atoms with Gasteiger partial charge in [-0.3, -0.25) is 9.97 Å². The van der Waals surface area contributed by atoms with Crippen molar-refractivity contribution in [2.24, 2.45) is 17.8 Å². The maximum Gasteiger partial charge on any atom is 0.213 e. The molecule has 2 unspecified atom stereocenters. The summed E-state index contributed by atoms with van der Waals surface area (Å²) in [5.74, 6) is 2.71. The lowest BCUT2D eigenvalue weighted by Crippen LogP contribution is -2.12. The number of allylic oxidation sites excluding steroid dienone is 1. The summed E-state index contributed by atoms with van der Waals surface area (Å²) in [5.41, 5.74) is 5.02. The minimum atomic E-state index is 0.158. The number of hydrogen-bond acceptors (Lipinski definition) is 6. The summed E-state index contributed by atoms with van der Waals surface area (Å²) in [6.45, 7) is 6.58. The molecule has 2 aromatic heterocycles. The molecule has 2 fully saturated rings. The van der Waals surface area contributed by atoms with Crippen LogP contribution in [0.2, 0.25) is 0 Å². The number of rotatable bonds is 5. The van der Waals surface area contributed by atoms with Crippen molar-refractivity contribution in [1.29, 1.82) is 0 Å². The molecule has 1 aromatic carbocycles. The maximum absolute atomic E-state index is 10.6. The zero-order valence-electron chi connectivity index (χ0n) is 17.6. The van der Waals surface area contributed by atoms with Crippen LogP contribution in [0.1, 0.15) is 18.5 Å². The van der Waals surface area contributed by atoms with Crippen LogP contribution in [0.3, 0.4) is 0 Å². The van der Waals surface area contributed by atoms with Gasteiger partial charge in [-0.2, -0.15) is 0 Å². The molecule has 1 saturated carbocycles. The van der Waals surface area contributed by atoms with Crippen molar-refractivity contribution in [1.82, 2.24) is 20.3 Å². The van der Waals surface area contributed by atoms with Gasteiger partial charge in [-0.1, -0.05) is 12.6 Å². The van der Waals surface area contributed by atoms with E-state index in [0.717, 1.165) is 47.3 Å². The molecular formula is C25H26N4O2. The number of aromatic nitrogens is 3. The van der Waals surface area contributed by atoms with E-state index in [1.54, 1.807) is 31.8 Å². The van der Waals surface area contributed by atoms with Crippen LogP contribution in [0.4, 0.5) is 0 Å². The van der Waals surface area contributed by atoms with Crippen LogP contribution in [0.15, 0.2) is 55.5 Å². The number of nitrogens with zero attached hydrogens (tertiary/aromatic N) is 3. The Kier molecular flexibility index (Phi) is 5.16. The van der Waals surface area contributed by atoms with E-state index in [-0.39, 0.29) is 5.75 Å². The molecule has 1 saturated heterocycles. The van der Waals surface area contributed by atoms with Crippen LogP contribution in [0.5, 0.6) is 11.6 Å². The molecule has 1 aliphatic carbocycles. The Morgan fingerprint density at radius 1 is 1.03 bits per heavy atom. The number of benzene rings is 1. The highest BCUT2D eigenvalue weighted by atomic mass is 16.5. The van der Waals surface area contributed by atoms with Gasteiger partial charge >= 0.3 is 0 Å². The molecule has 0 amide bonds. The molecular weight excluding hydrogens is 388 g/mol. The van der Waals surface area contributed by atoms with Crippen LogP contribution in [0, 0.1) is 17.8 Å². The van der Waals surface area contributed by atoms with E-state index in [1.807, 2.05) is 24.3 Å². The van der Waals surface area contributed by atoms with E-state index in [0.29, 0.717) is 23.1 Å². The summed E-state index contributed by atoms with van der Waals surface area (Å²) >= 11 is 0. The second-order valence-corrected chi connectivity index (χ2v) is 8.48. The average molecular weight is 415 g/mol. The lowest BCUT2D eigenvalue weighted by atomic mass is 9.94. The van der Waals surface area contributed by atoms with Crippen LogP contribution in [-0.2, 0) is 0 Å². The van der Waals surface area contributed by atoms with E-state index in [9.17, 15) is 5.11 Å². The van der Waals surface area contributed by atoms with Gasteiger partial charge in [-0.15, -0.1) is 0 Å². The summed E-state index contributed by atoms with van der Waals surface area (Å²) in [7, 11) is 1.58. The van der Waals surface area contributed by atoms with Crippen molar-refractivity contribution in [2.45, 2.75) is 12.8 Å². The zero-order valence-corrected chi connectivity index (χ0v) is 17.6. The number of phenols is 1. The van der Waals surface area contributed by atoms with E-state index < -0.39 is 0 Å². The van der Waals surface area contributed by atoms with E-state index in [2.05, 4.69) is 26.8 Å². The Morgan fingerprint density at radius 3 is 2.48 bits per heavy atom. The molecule has 3 heterocycles. The normalized spacial score (nSPS) is 22.3. The smallest absolute Gasteiger partial charge is 0.213 e. The number of hydrogen-bond donors (Lipinski definition) is 2. The maximum atomic E-state index is 10.6. The fraction of sp³-hybridized carbons (Fsp3) is 0.320. The van der Waals surface area contributed by atoms with Crippen LogP contribution in [0.25, 0.3) is 28.0 Å². The van der Waals surface area contributed by atoms with Gasteiger partial charge in [-0.25, -0.2) is 4.98 Å². The molecule has 0 bridgehead atoms. The number of nitrogens with one attached hydrogen (secondary N) is 1. The molecule has 6 nitrogen and oxygen atoms in total. The number of pyridine rings is 1. The summed E-state index contributed by atoms with van der Waals surface area (Å²) in [5, 5.41) is 14.1. The van der Waals surface area contributed by atoms with E-state index in [4.69, 9.17) is 4.74 Å². The molecule has 6 heteroatoms. The predicted molar refractivity (Wildman–Crippen MR) is 121 cm³/mol. The third-order valence-electron chi connectivity index (χ3n) is 6.68. The Hall–Kier alpha value is -3.25. The average Bonchev–Trinajstić information content (AvgIpc) is 3.41. The highest BCUT2D eigenvalue weighted by Crippen LogP contribution is 2.44. The Balaban J connectivity index is 1.34. The van der Waals surface area contributed by atoms with Crippen molar-refractivity contribution >= 4 is 5.57 Å². The van der Waals surface area contributed by atoms with Gasteiger partial charge in [0.05, 0.1) is 30.9 Å². The van der Waals surface area contributed by atoms with Crippen LogP contribution in [-0.4, -0.2) is 40.3 Å². The molecule has 0 spiro atoms. The quantitative estimate of drug-likeness (QED) is 0.652. The zero-order chi connectivity index (χ0) is 21.4. The SMILES string of the molecule is C=C(c1cnc(-c2ccc(-c3ccnc(OC)c3)cc2O)cn1)C1CC2CNCC2C1. The van der Waals surface area contributed by atoms with Crippen LogP contribution < -0.4 is 10.1 Å². The van der Waals surface area contributed by atoms with Crippen LogP contribution >= 0.6 is 0 Å². The first-order chi connectivity index (χ1) is 15.1. The summed E-state index contributed by atoms with van der Waals surface area (Å²) < 4.78 is 5.19. The van der Waals surface area contributed by atoms with Crippen molar-refractivity contribution in [2.75, 3.05) is 20.2 Å². The highest BCUT2D eigenvalue weighted by molar-refractivity contribution is 5.74. The molecule has 5 rings (SSSR count). The standard InChI is InChI=1S/C25H26N4O2/c1-15(18-7-19-11-26-12-20(19)8-18)22-13-29-23(14-28-22)21-4-3-16(9-24(21)30)17-5-6-27-25(10-17)31-2/h3-6,9-10,13-14,18-20,26,30H,1,7-8,11-12H2,2H3. The topological polar surface area (TPSA) is 80.2 Å². The molecule has 2 atom stereocenters. The minimum absolute atomic E-state index is 0.158. The van der Waals surface area contributed by atoms with Gasteiger partial charge < -0.3 is 15.2 Å². The lowest BCUT2D eigenvalue weighted by molar-refractivity contribution is 0.398. The van der Waals surface area contributed by atoms with Crippen molar-refractivity contribution < 1.29 is 9.84 Å². The third kappa shape index (κ3) is 3.79. The first-order valence-corrected chi connectivity index (χ1v) is 10.7. The van der Waals surface area contributed by atoms with Gasteiger partial charge in [-0.05, 0) is 78.6 Å². The minimum Gasteiger partial charge on any atom is -0.507 e. The Labute approximate surface area is 182 Å². The van der Waals surface area contributed by atoms with Gasteiger partial charge in [0.1, 0.15) is 5.75 Å². The number of methoxy groups -OCH3 is 1. The highest BCUT2D eigenvalue weighted by Gasteiger charge is 2.38. The molecule has 158 valence electrons. The molecule has 2 N–H and O–H groups in total. The summed E-state index contributed by atoms with van der Waals surface area (Å²) in [4.78, 5) is 13.3. The van der Waals surface area contributed by atoms with Gasteiger partial charge in [0.15, 0.2) is 0 Å². The lowest BCUT2D eigenvalue weighted by Gasteiger charge is -2.14. The first kappa shape index (κ1) is 19.7. The monoisotopic (exact) mass is 414 g/mol. The number of phenolic OH excluding ortho intramolecular Hbond substituents is 1. The Morgan fingerprint density at radius 2 is 1.81 bits per heavy atom. The fourth-order valence-electron chi connectivity index (χ4n) is 4.92. The van der Waals surface area contributed by atoms with Gasteiger partial charge in [0.25, 0.3) is 0 Å². The van der Waals surface area contributed by atoms with E-state index in [1.165, 1.54) is 12.8 Å². The molecule has 0 radical (unpaired) electrons. The number of fused-ring (bicyclic) bond motifs is 1. The largest absolute Gasteiger partial charge is 0.507 e. The predicted octanol–water partition coefficient (Wildman–Crippen LogP) is 4.18. The first-order valence-electron chi connectivity index (χ1n) is 10.7. The van der Waals surface area contributed by atoms with Crippen molar-refractivity contribution in [3.8, 4) is 34.0 Å². The third-order valence-corrected chi connectivity index (χ3v) is 6.68. The molecule has 2 aliphatic rings. The second kappa shape index (κ2) is 8.12. The van der Waals surface area contributed by atoms with Gasteiger partial charge in [0, 0.05) is 17.8 Å².